The van der Waals surface area contributed by atoms with E-state index in [1.54, 1.807) is 0 Å². The summed E-state index contributed by atoms with van der Waals surface area (Å²) in [6.45, 7) is 0.184. The van der Waals surface area contributed by atoms with Crippen LogP contribution < -0.4 is 5.73 Å². The molecule has 0 spiro atoms. The van der Waals surface area contributed by atoms with E-state index in [9.17, 15) is 4.79 Å². The van der Waals surface area contributed by atoms with Crippen molar-refractivity contribution < 1.29 is 9.90 Å². The molecule has 0 saturated heterocycles. The average Bonchev–Trinajstić information content (AvgIpc) is 2.73. The molecule has 0 aliphatic carbocycles. The maximum Gasteiger partial charge on any atom is 0.355 e. The molecule has 0 bridgehead atoms. The Morgan fingerprint density at radius 1 is 1.47 bits per heavy atom. The monoisotopic (exact) mass is 312 g/mol. The zero-order valence-electron chi connectivity index (χ0n) is 8.68. The van der Waals surface area contributed by atoms with Crippen LogP contribution in [0.25, 0.3) is 10.6 Å². The number of benzene rings is 1. The van der Waals surface area contributed by atoms with Crippen molar-refractivity contribution in [2.75, 3.05) is 0 Å². The number of hydrogen-bond acceptors (Lipinski definition) is 4. The first-order valence-corrected chi connectivity index (χ1v) is 6.42. The fourth-order valence-electron chi connectivity index (χ4n) is 1.41. The number of rotatable bonds is 3. The van der Waals surface area contributed by atoms with Gasteiger partial charge in [0.25, 0.3) is 0 Å². The Balaban J connectivity index is 2.54. The highest BCUT2D eigenvalue weighted by Crippen LogP contribution is 2.32. The van der Waals surface area contributed by atoms with Crippen molar-refractivity contribution in [1.82, 2.24) is 4.98 Å². The molecule has 0 unspecified atom stereocenters. The van der Waals surface area contributed by atoms with Gasteiger partial charge < -0.3 is 10.8 Å². The topological polar surface area (TPSA) is 76.2 Å². The summed E-state index contributed by atoms with van der Waals surface area (Å²) in [6.07, 6.45) is 0. The highest BCUT2D eigenvalue weighted by Gasteiger charge is 2.17. The van der Waals surface area contributed by atoms with E-state index < -0.39 is 5.97 Å². The summed E-state index contributed by atoms with van der Waals surface area (Å²) >= 11 is 4.72. The molecular formula is C11H9BrN2O2S. The number of nitrogens with two attached hydrogens (primary N) is 1. The molecule has 0 aliphatic heterocycles. The van der Waals surface area contributed by atoms with Gasteiger partial charge in [-0.15, -0.1) is 11.3 Å². The number of hydrogen-bond donors (Lipinski definition) is 2. The van der Waals surface area contributed by atoms with Gasteiger partial charge in [-0.05, 0) is 6.07 Å². The van der Waals surface area contributed by atoms with Crippen LogP contribution in [0, 0.1) is 0 Å². The molecule has 0 amide bonds. The van der Waals surface area contributed by atoms with Crippen molar-refractivity contribution in [3.63, 3.8) is 0 Å². The van der Waals surface area contributed by atoms with Gasteiger partial charge in [-0.2, -0.15) is 0 Å². The highest BCUT2D eigenvalue weighted by atomic mass is 79.9. The number of aromatic carboxylic acids is 1. The summed E-state index contributed by atoms with van der Waals surface area (Å²) in [4.78, 5) is 15.7. The van der Waals surface area contributed by atoms with E-state index in [-0.39, 0.29) is 12.2 Å². The number of carbonyl (C=O) groups is 1. The minimum absolute atomic E-state index is 0.0447. The van der Waals surface area contributed by atoms with Crippen LogP contribution in [0.15, 0.2) is 28.7 Å². The second-order valence-corrected chi connectivity index (χ2v) is 5.22. The van der Waals surface area contributed by atoms with Gasteiger partial charge >= 0.3 is 5.97 Å². The average molecular weight is 313 g/mol. The number of nitrogens with zero attached hydrogens (tertiary/aromatic N) is 1. The molecule has 0 fully saturated rings. The molecule has 0 aliphatic rings. The van der Waals surface area contributed by atoms with Crippen molar-refractivity contribution in [2.24, 2.45) is 5.73 Å². The van der Waals surface area contributed by atoms with Crippen LogP contribution in [0.5, 0.6) is 0 Å². The molecule has 1 heterocycles. The van der Waals surface area contributed by atoms with Crippen LogP contribution >= 0.6 is 27.3 Å². The molecule has 3 N–H and O–H groups in total. The summed E-state index contributed by atoms with van der Waals surface area (Å²) < 4.78 is 0.884. The van der Waals surface area contributed by atoms with E-state index in [2.05, 4.69) is 20.9 Å². The standard InChI is InChI=1S/C11H9BrN2O2S/c12-7-4-2-1-3-6(7)10-14-9(11(15)16)8(5-13)17-10/h1-4H,5,13H2,(H,15,16). The fraction of sp³-hybridized carbons (Fsp3) is 0.0909. The minimum Gasteiger partial charge on any atom is -0.476 e. The summed E-state index contributed by atoms with van der Waals surface area (Å²) in [5, 5.41) is 9.67. The second-order valence-electron chi connectivity index (χ2n) is 3.28. The van der Waals surface area contributed by atoms with Crippen molar-refractivity contribution in [3.8, 4) is 10.6 Å². The Morgan fingerprint density at radius 3 is 2.71 bits per heavy atom. The largest absolute Gasteiger partial charge is 0.476 e. The quantitative estimate of drug-likeness (QED) is 0.913. The second kappa shape index (κ2) is 4.95. The van der Waals surface area contributed by atoms with Crippen molar-refractivity contribution in [2.45, 2.75) is 6.54 Å². The Labute approximate surface area is 110 Å². The van der Waals surface area contributed by atoms with E-state index in [1.165, 1.54) is 11.3 Å². The van der Waals surface area contributed by atoms with Gasteiger partial charge in [0.15, 0.2) is 5.69 Å². The Hall–Kier alpha value is -1.24. The fourth-order valence-corrected chi connectivity index (χ4v) is 2.98. The predicted octanol–water partition coefficient (Wildman–Crippen LogP) is 2.73. The summed E-state index contributed by atoms with van der Waals surface area (Å²) in [5.74, 6) is -1.04. The summed E-state index contributed by atoms with van der Waals surface area (Å²) in [5.41, 5.74) is 6.43. The molecule has 2 aromatic rings. The van der Waals surface area contributed by atoms with Gasteiger partial charge in [0.1, 0.15) is 5.01 Å². The van der Waals surface area contributed by atoms with Gasteiger partial charge in [-0.3, -0.25) is 0 Å². The molecule has 4 nitrogen and oxygen atoms in total. The van der Waals surface area contributed by atoms with Crippen molar-refractivity contribution >= 4 is 33.2 Å². The van der Waals surface area contributed by atoms with Gasteiger partial charge in [-0.1, -0.05) is 34.1 Å². The molecular weight excluding hydrogens is 304 g/mol. The maximum absolute atomic E-state index is 11.0. The maximum atomic E-state index is 11.0. The molecule has 1 aromatic heterocycles. The van der Waals surface area contributed by atoms with E-state index in [4.69, 9.17) is 10.8 Å². The van der Waals surface area contributed by atoms with Crippen LogP contribution in [-0.4, -0.2) is 16.1 Å². The molecule has 1 aromatic carbocycles. The van der Waals surface area contributed by atoms with Crippen LogP contribution in [0.1, 0.15) is 15.4 Å². The first-order valence-electron chi connectivity index (χ1n) is 4.81. The number of aromatic nitrogens is 1. The zero-order chi connectivity index (χ0) is 12.4. The third kappa shape index (κ3) is 2.38. The molecule has 17 heavy (non-hydrogen) atoms. The number of halogens is 1. The lowest BCUT2D eigenvalue weighted by Crippen LogP contribution is -2.04. The first kappa shape index (κ1) is 12.2. The number of thiazole rings is 1. The summed E-state index contributed by atoms with van der Waals surface area (Å²) in [6, 6.07) is 7.54. The van der Waals surface area contributed by atoms with Crippen LogP contribution in [0.3, 0.4) is 0 Å². The van der Waals surface area contributed by atoms with E-state index in [0.29, 0.717) is 9.88 Å². The first-order chi connectivity index (χ1) is 8.13. The molecule has 0 radical (unpaired) electrons. The van der Waals surface area contributed by atoms with Crippen LogP contribution in [0.4, 0.5) is 0 Å². The highest BCUT2D eigenvalue weighted by molar-refractivity contribution is 9.10. The van der Waals surface area contributed by atoms with Gasteiger partial charge in [0.2, 0.25) is 0 Å². The van der Waals surface area contributed by atoms with Crippen molar-refractivity contribution in [3.05, 3.63) is 39.3 Å². The Morgan fingerprint density at radius 2 is 2.18 bits per heavy atom. The lowest BCUT2D eigenvalue weighted by Gasteiger charge is -1.98. The molecule has 6 heteroatoms. The minimum atomic E-state index is -1.04. The van der Waals surface area contributed by atoms with Gasteiger partial charge in [-0.25, -0.2) is 9.78 Å². The predicted molar refractivity (Wildman–Crippen MR) is 70.1 cm³/mol. The van der Waals surface area contributed by atoms with E-state index in [1.807, 2.05) is 24.3 Å². The Bertz CT molecular complexity index is 568. The van der Waals surface area contributed by atoms with E-state index >= 15 is 0 Å². The Kier molecular flexibility index (Phi) is 3.56. The van der Waals surface area contributed by atoms with Crippen LogP contribution in [0.2, 0.25) is 0 Å². The van der Waals surface area contributed by atoms with Gasteiger partial charge in [0, 0.05) is 16.6 Å². The lowest BCUT2D eigenvalue weighted by atomic mass is 10.2. The number of carboxylic acid groups (broad SMARTS) is 1. The smallest absolute Gasteiger partial charge is 0.355 e. The van der Waals surface area contributed by atoms with Crippen molar-refractivity contribution in [1.29, 1.82) is 0 Å². The number of carboxylic acids is 1. The molecule has 0 saturated carbocycles. The summed E-state index contributed by atoms with van der Waals surface area (Å²) in [7, 11) is 0. The lowest BCUT2D eigenvalue weighted by molar-refractivity contribution is 0.0690. The third-order valence-corrected chi connectivity index (χ3v) is 3.99. The van der Waals surface area contributed by atoms with Crippen LogP contribution in [-0.2, 0) is 6.54 Å². The molecule has 88 valence electrons. The third-order valence-electron chi connectivity index (χ3n) is 2.19. The molecule has 2 rings (SSSR count). The SMILES string of the molecule is NCc1sc(-c2ccccc2Br)nc1C(=O)O. The normalized spacial score (nSPS) is 10.5. The zero-order valence-corrected chi connectivity index (χ0v) is 11.1. The van der Waals surface area contributed by atoms with Gasteiger partial charge in [0.05, 0.1) is 4.88 Å². The van der Waals surface area contributed by atoms with E-state index in [0.717, 1.165) is 10.0 Å². The molecule has 0 atom stereocenters.